The predicted octanol–water partition coefficient (Wildman–Crippen LogP) is 2.47. The van der Waals surface area contributed by atoms with Crippen molar-refractivity contribution < 1.29 is 19.1 Å². The zero-order valence-electron chi connectivity index (χ0n) is 15.9. The van der Waals surface area contributed by atoms with E-state index in [2.05, 4.69) is 0 Å². The number of hydrogen-bond donors (Lipinski definition) is 0. The van der Waals surface area contributed by atoms with Crippen molar-refractivity contribution in [2.75, 3.05) is 26.2 Å². The Morgan fingerprint density at radius 1 is 0.963 bits per heavy atom. The molecule has 0 bridgehead atoms. The summed E-state index contributed by atoms with van der Waals surface area (Å²) in [6.45, 7) is 4.19. The summed E-state index contributed by atoms with van der Waals surface area (Å²) < 4.78 is 11.8. The van der Waals surface area contributed by atoms with Crippen molar-refractivity contribution in [3.63, 3.8) is 0 Å². The Hall–Kier alpha value is -2.24. The van der Waals surface area contributed by atoms with Crippen LogP contribution in [0.2, 0.25) is 0 Å². The van der Waals surface area contributed by atoms with E-state index in [1.165, 1.54) is 25.7 Å². The SMILES string of the molecule is CC1Oc2ccccc2OC1C(=O)N1CCN(C(=O)CC2CCCC2)CC1. The molecule has 6 heteroatoms. The molecule has 0 aromatic heterocycles. The monoisotopic (exact) mass is 372 g/mol. The third kappa shape index (κ3) is 3.89. The molecule has 1 aromatic rings. The van der Waals surface area contributed by atoms with Gasteiger partial charge in [0, 0.05) is 32.6 Å². The maximum Gasteiger partial charge on any atom is 0.267 e. The molecule has 0 N–H and O–H groups in total. The molecule has 3 aliphatic rings. The highest BCUT2D eigenvalue weighted by Crippen LogP contribution is 2.34. The van der Waals surface area contributed by atoms with Crippen LogP contribution >= 0.6 is 0 Å². The van der Waals surface area contributed by atoms with Crippen LogP contribution in [-0.2, 0) is 9.59 Å². The average molecular weight is 372 g/mol. The predicted molar refractivity (Wildman–Crippen MR) is 101 cm³/mol. The van der Waals surface area contributed by atoms with Crippen LogP contribution in [0.25, 0.3) is 0 Å². The summed E-state index contributed by atoms with van der Waals surface area (Å²) in [7, 11) is 0. The van der Waals surface area contributed by atoms with Gasteiger partial charge in [0.15, 0.2) is 11.5 Å². The first kappa shape index (κ1) is 18.1. The van der Waals surface area contributed by atoms with Crippen LogP contribution in [0.15, 0.2) is 24.3 Å². The molecule has 27 heavy (non-hydrogen) atoms. The number of nitrogens with zero attached hydrogens (tertiary/aromatic N) is 2. The van der Waals surface area contributed by atoms with Gasteiger partial charge in [0.05, 0.1) is 0 Å². The van der Waals surface area contributed by atoms with E-state index >= 15 is 0 Å². The first-order valence-electron chi connectivity index (χ1n) is 10.1. The van der Waals surface area contributed by atoms with Gasteiger partial charge in [0.1, 0.15) is 6.10 Å². The van der Waals surface area contributed by atoms with Crippen molar-refractivity contribution in [1.29, 1.82) is 0 Å². The number of piperazine rings is 1. The molecule has 1 saturated carbocycles. The molecule has 0 spiro atoms. The van der Waals surface area contributed by atoms with Gasteiger partial charge in [-0.05, 0) is 37.8 Å². The van der Waals surface area contributed by atoms with E-state index in [4.69, 9.17) is 9.47 Å². The molecule has 2 fully saturated rings. The number of ether oxygens (including phenoxy) is 2. The van der Waals surface area contributed by atoms with Gasteiger partial charge in [-0.15, -0.1) is 0 Å². The molecule has 2 atom stereocenters. The van der Waals surface area contributed by atoms with Gasteiger partial charge >= 0.3 is 0 Å². The fourth-order valence-electron chi connectivity index (χ4n) is 4.34. The number of fused-ring (bicyclic) bond motifs is 1. The highest BCUT2D eigenvalue weighted by atomic mass is 16.6. The molecule has 2 unspecified atom stereocenters. The standard InChI is InChI=1S/C21H28N2O4/c1-15-20(27-18-9-5-4-8-17(18)26-15)21(25)23-12-10-22(11-13-23)19(24)14-16-6-2-3-7-16/h4-5,8-9,15-16,20H,2-3,6-7,10-14H2,1H3. The summed E-state index contributed by atoms with van der Waals surface area (Å²) in [6.07, 6.45) is 4.57. The van der Waals surface area contributed by atoms with E-state index in [-0.39, 0.29) is 17.9 Å². The second-order valence-electron chi connectivity index (χ2n) is 7.87. The van der Waals surface area contributed by atoms with Gasteiger partial charge in [0.25, 0.3) is 5.91 Å². The zero-order valence-corrected chi connectivity index (χ0v) is 15.9. The Morgan fingerprint density at radius 2 is 1.56 bits per heavy atom. The van der Waals surface area contributed by atoms with Crippen LogP contribution < -0.4 is 9.47 Å². The molecule has 1 aromatic carbocycles. The lowest BCUT2D eigenvalue weighted by molar-refractivity contribution is -0.149. The number of para-hydroxylation sites is 2. The van der Waals surface area contributed by atoms with Crippen LogP contribution in [-0.4, -0.2) is 60.0 Å². The molecule has 1 aliphatic carbocycles. The smallest absolute Gasteiger partial charge is 0.267 e. The highest BCUT2D eigenvalue weighted by molar-refractivity contribution is 5.83. The maximum absolute atomic E-state index is 12.9. The quantitative estimate of drug-likeness (QED) is 0.818. The van der Waals surface area contributed by atoms with Crippen molar-refractivity contribution in [1.82, 2.24) is 9.80 Å². The molecule has 4 rings (SSSR count). The van der Waals surface area contributed by atoms with Gasteiger partial charge in [-0.3, -0.25) is 9.59 Å². The largest absolute Gasteiger partial charge is 0.482 e. The summed E-state index contributed by atoms with van der Waals surface area (Å²) in [5, 5.41) is 0. The van der Waals surface area contributed by atoms with Crippen LogP contribution in [0.1, 0.15) is 39.0 Å². The van der Waals surface area contributed by atoms with Crippen molar-refractivity contribution in [3.05, 3.63) is 24.3 Å². The van der Waals surface area contributed by atoms with Gasteiger partial charge in [0.2, 0.25) is 12.0 Å². The molecular formula is C21H28N2O4. The normalized spacial score (nSPS) is 25.5. The fraction of sp³-hybridized carbons (Fsp3) is 0.619. The van der Waals surface area contributed by atoms with Gasteiger partial charge < -0.3 is 19.3 Å². The number of hydrogen-bond acceptors (Lipinski definition) is 4. The first-order chi connectivity index (χ1) is 13.1. The molecule has 146 valence electrons. The molecule has 2 amide bonds. The summed E-state index contributed by atoms with van der Waals surface area (Å²) in [4.78, 5) is 29.2. The van der Waals surface area contributed by atoms with E-state index in [1.54, 1.807) is 4.90 Å². The Balaban J connectivity index is 1.31. The Kier molecular flexibility index (Phi) is 5.23. The van der Waals surface area contributed by atoms with E-state index in [0.29, 0.717) is 50.0 Å². The number of carbonyl (C=O) groups excluding carboxylic acids is 2. The molecule has 1 saturated heterocycles. The van der Waals surface area contributed by atoms with E-state index in [9.17, 15) is 9.59 Å². The zero-order chi connectivity index (χ0) is 18.8. The topological polar surface area (TPSA) is 59.1 Å². The highest BCUT2D eigenvalue weighted by Gasteiger charge is 2.38. The van der Waals surface area contributed by atoms with Crippen molar-refractivity contribution >= 4 is 11.8 Å². The maximum atomic E-state index is 12.9. The third-order valence-electron chi connectivity index (χ3n) is 5.97. The average Bonchev–Trinajstić information content (AvgIpc) is 3.20. The lowest BCUT2D eigenvalue weighted by Crippen LogP contribution is -2.56. The second-order valence-corrected chi connectivity index (χ2v) is 7.87. The van der Waals surface area contributed by atoms with Crippen LogP contribution in [0.4, 0.5) is 0 Å². The first-order valence-corrected chi connectivity index (χ1v) is 10.1. The summed E-state index contributed by atoms with van der Waals surface area (Å²) in [5.74, 6) is 2.04. The lowest BCUT2D eigenvalue weighted by Gasteiger charge is -2.39. The third-order valence-corrected chi connectivity index (χ3v) is 5.97. The minimum atomic E-state index is -0.638. The van der Waals surface area contributed by atoms with Crippen molar-refractivity contribution in [3.8, 4) is 11.5 Å². The number of carbonyl (C=O) groups is 2. The fourth-order valence-corrected chi connectivity index (χ4v) is 4.34. The molecule has 2 heterocycles. The Morgan fingerprint density at radius 3 is 2.22 bits per heavy atom. The summed E-state index contributed by atoms with van der Waals surface area (Å²) >= 11 is 0. The molecule has 0 radical (unpaired) electrons. The molecule has 6 nitrogen and oxygen atoms in total. The Bertz CT molecular complexity index is 693. The van der Waals surface area contributed by atoms with Crippen molar-refractivity contribution in [2.45, 2.75) is 51.2 Å². The van der Waals surface area contributed by atoms with Crippen LogP contribution in [0.3, 0.4) is 0 Å². The molecule has 2 aliphatic heterocycles. The van der Waals surface area contributed by atoms with Gasteiger partial charge in [-0.25, -0.2) is 0 Å². The molecular weight excluding hydrogens is 344 g/mol. The minimum absolute atomic E-state index is 0.0557. The van der Waals surface area contributed by atoms with Crippen LogP contribution in [0.5, 0.6) is 11.5 Å². The number of rotatable bonds is 3. The van der Waals surface area contributed by atoms with E-state index < -0.39 is 6.10 Å². The lowest BCUT2D eigenvalue weighted by atomic mass is 10.0. The number of amides is 2. The van der Waals surface area contributed by atoms with E-state index in [0.717, 1.165) is 0 Å². The summed E-state index contributed by atoms with van der Waals surface area (Å²) in [6, 6.07) is 7.43. The second kappa shape index (κ2) is 7.79. The van der Waals surface area contributed by atoms with Gasteiger partial charge in [-0.2, -0.15) is 0 Å². The van der Waals surface area contributed by atoms with E-state index in [1.807, 2.05) is 36.1 Å². The van der Waals surface area contributed by atoms with Gasteiger partial charge in [-0.1, -0.05) is 25.0 Å². The van der Waals surface area contributed by atoms with Crippen molar-refractivity contribution in [2.24, 2.45) is 5.92 Å². The Labute approximate surface area is 160 Å². The van der Waals surface area contributed by atoms with Crippen LogP contribution in [0, 0.1) is 5.92 Å². The minimum Gasteiger partial charge on any atom is -0.482 e. The summed E-state index contributed by atoms with van der Waals surface area (Å²) in [5.41, 5.74) is 0. The number of benzene rings is 1.